The molecule has 1 fully saturated rings. The van der Waals surface area contributed by atoms with E-state index in [4.69, 9.17) is 0 Å². The Hall–Kier alpha value is 2.10. The predicted molar refractivity (Wildman–Crippen MR) is 99.0 cm³/mol. The Bertz CT molecular complexity index is 184. The minimum Gasteiger partial charge on any atom is -0.179 e. The van der Waals surface area contributed by atoms with Crippen LogP contribution in [0, 0.1) is 0 Å². The van der Waals surface area contributed by atoms with Crippen LogP contribution in [0.4, 0.5) is 0 Å². The minimum atomic E-state index is 0.430. The second-order valence-electron chi connectivity index (χ2n) is 3.74. The number of thiol groups is 2. The third kappa shape index (κ3) is 5.54. The number of rotatable bonds is 8. The molecule has 0 aliphatic carbocycles. The molecule has 0 N–H and O–H groups in total. The summed E-state index contributed by atoms with van der Waals surface area (Å²) in [6, 6.07) is 0. The standard InChI is InChI=1S/C11H22S6/c1-2-11(16-6-3-7-17-11)10(14-8-4-12)15-9-5-13/h10,12-13H,2-9H2,1H3. The van der Waals surface area contributed by atoms with E-state index in [2.05, 4.69) is 79.2 Å². The van der Waals surface area contributed by atoms with Crippen molar-refractivity contribution < 1.29 is 0 Å². The van der Waals surface area contributed by atoms with Crippen molar-refractivity contribution in [3.63, 3.8) is 0 Å². The van der Waals surface area contributed by atoms with Crippen LogP contribution in [-0.4, -0.2) is 43.2 Å². The molecule has 1 aliphatic heterocycles. The third-order valence-electron chi connectivity index (χ3n) is 2.55. The van der Waals surface area contributed by atoms with E-state index in [1.807, 2.05) is 0 Å². The van der Waals surface area contributed by atoms with Crippen molar-refractivity contribution in [3.05, 3.63) is 0 Å². The van der Waals surface area contributed by atoms with Crippen LogP contribution in [-0.2, 0) is 0 Å². The maximum absolute atomic E-state index is 4.35. The Kier molecular flexibility index (Phi) is 10.0. The molecule has 0 aromatic heterocycles. The molecule has 1 saturated heterocycles. The van der Waals surface area contributed by atoms with E-state index in [1.165, 1.54) is 24.3 Å². The first-order chi connectivity index (χ1) is 8.29. The average Bonchev–Trinajstić information content (AvgIpc) is 2.39. The summed E-state index contributed by atoms with van der Waals surface area (Å²) < 4.78 is 1.13. The Morgan fingerprint density at radius 1 is 1.12 bits per heavy atom. The van der Waals surface area contributed by atoms with Gasteiger partial charge in [-0.05, 0) is 35.9 Å². The van der Waals surface area contributed by atoms with E-state index in [1.54, 1.807) is 0 Å². The number of hydrogen-bond donors (Lipinski definition) is 2. The van der Waals surface area contributed by atoms with Gasteiger partial charge in [-0.25, -0.2) is 0 Å². The summed E-state index contributed by atoms with van der Waals surface area (Å²) in [5, 5.41) is 0. The van der Waals surface area contributed by atoms with E-state index in [0.29, 0.717) is 8.66 Å². The van der Waals surface area contributed by atoms with Gasteiger partial charge < -0.3 is 0 Å². The van der Waals surface area contributed by atoms with Crippen LogP contribution in [0.5, 0.6) is 0 Å². The van der Waals surface area contributed by atoms with Gasteiger partial charge in [0, 0.05) is 11.5 Å². The number of hydrogen-bond acceptors (Lipinski definition) is 6. The fraction of sp³-hybridized carbons (Fsp3) is 1.00. The second-order valence-corrected chi connectivity index (χ2v) is 10.5. The van der Waals surface area contributed by atoms with E-state index < -0.39 is 0 Å². The molecule has 0 atom stereocenters. The van der Waals surface area contributed by atoms with E-state index in [0.717, 1.165) is 23.0 Å². The highest BCUT2D eigenvalue weighted by Gasteiger charge is 2.40. The molecular formula is C11H22S6. The van der Waals surface area contributed by atoms with Crippen molar-refractivity contribution in [1.82, 2.24) is 0 Å². The Balaban J connectivity index is 2.61. The number of thioether (sulfide) groups is 4. The van der Waals surface area contributed by atoms with Crippen molar-refractivity contribution in [2.45, 2.75) is 28.4 Å². The van der Waals surface area contributed by atoms with Gasteiger partial charge in [-0.15, -0.1) is 47.0 Å². The molecule has 0 bridgehead atoms. The topological polar surface area (TPSA) is 0 Å². The molecular weight excluding hydrogens is 325 g/mol. The zero-order valence-corrected chi connectivity index (χ0v) is 15.3. The molecule has 0 amide bonds. The predicted octanol–water partition coefficient (Wildman–Crippen LogP) is 4.61. The summed E-state index contributed by atoms with van der Waals surface area (Å²) in [6.07, 6.45) is 2.64. The molecule has 1 heterocycles. The van der Waals surface area contributed by atoms with Gasteiger partial charge >= 0.3 is 0 Å². The van der Waals surface area contributed by atoms with E-state index in [-0.39, 0.29) is 0 Å². The van der Waals surface area contributed by atoms with Gasteiger partial charge in [0.1, 0.15) is 0 Å². The molecule has 17 heavy (non-hydrogen) atoms. The average molecular weight is 347 g/mol. The van der Waals surface area contributed by atoms with Crippen molar-refractivity contribution >= 4 is 72.3 Å². The zero-order chi connectivity index (χ0) is 12.6. The molecule has 0 aromatic rings. The zero-order valence-electron chi connectivity index (χ0n) is 10.3. The van der Waals surface area contributed by atoms with Crippen LogP contribution in [0.1, 0.15) is 19.8 Å². The molecule has 1 rings (SSSR count). The molecule has 1 aliphatic rings. The van der Waals surface area contributed by atoms with Gasteiger partial charge in [-0.2, -0.15) is 25.3 Å². The van der Waals surface area contributed by atoms with Gasteiger partial charge in [0.25, 0.3) is 0 Å². The summed E-state index contributed by atoms with van der Waals surface area (Å²) in [5.74, 6) is 6.96. The highest BCUT2D eigenvalue weighted by molar-refractivity contribution is 8.24. The summed E-state index contributed by atoms with van der Waals surface area (Å²) in [5.41, 5.74) is 0. The van der Waals surface area contributed by atoms with Crippen molar-refractivity contribution in [2.24, 2.45) is 0 Å². The van der Waals surface area contributed by atoms with Crippen LogP contribution in [0.15, 0.2) is 0 Å². The third-order valence-corrected chi connectivity index (χ3v) is 11.0. The molecule has 0 saturated carbocycles. The van der Waals surface area contributed by atoms with Gasteiger partial charge in [0.2, 0.25) is 0 Å². The van der Waals surface area contributed by atoms with Crippen LogP contribution in [0.3, 0.4) is 0 Å². The first-order valence-corrected chi connectivity index (χ1v) is 11.3. The van der Waals surface area contributed by atoms with E-state index >= 15 is 0 Å². The lowest BCUT2D eigenvalue weighted by Crippen LogP contribution is -2.34. The van der Waals surface area contributed by atoms with Gasteiger partial charge in [0.15, 0.2) is 0 Å². The Labute approximate surface area is 134 Å². The summed E-state index contributed by atoms with van der Waals surface area (Å²) in [6.45, 7) is 2.35. The molecule has 0 spiro atoms. The van der Waals surface area contributed by atoms with Gasteiger partial charge in [-0.1, -0.05) is 6.92 Å². The Morgan fingerprint density at radius 3 is 2.06 bits per heavy atom. The van der Waals surface area contributed by atoms with Crippen molar-refractivity contribution in [2.75, 3.05) is 34.5 Å². The van der Waals surface area contributed by atoms with Crippen LogP contribution in [0.2, 0.25) is 0 Å². The second kappa shape index (κ2) is 9.92. The van der Waals surface area contributed by atoms with Gasteiger partial charge in [0.05, 0.1) is 8.66 Å². The normalized spacial score (nSPS) is 19.8. The fourth-order valence-corrected chi connectivity index (χ4v) is 9.39. The van der Waals surface area contributed by atoms with E-state index in [9.17, 15) is 0 Å². The summed E-state index contributed by atoms with van der Waals surface area (Å²) >= 11 is 17.3. The van der Waals surface area contributed by atoms with Crippen molar-refractivity contribution in [3.8, 4) is 0 Å². The Morgan fingerprint density at radius 2 is 1.65 bits per heavy atom. The molecule has 102 valence electrons. The van der Waals surface area contributed by atoms with Crippen molar-refractivity contribution in [1.29, 1.82) is 0 Å². The highest BCUT2D eigenvalue weighted by atomic mass is 32.2. The quantitative estimate of drug-likeness (QED) is 0.486. The monoisotopic (exact) mass is 346 g/mol. The lowest BCUT2D eigenvalue weighted by molar-refractivity contribution is 0.818. The van der Waals surface area contributed by atoms with Crippen LogP contribution >= 0.6 is 72.3 Å². The first kappa shape index (κ1) is 17.2. The van der Waals surface area contributed by atoms with Gasteiger partial charge in [-0.3, -0.25) is 0 Å². The van der Waals surface area contributed by atoms with Crippen LogP contribution in [0.25, 0.3) is 0 Å². The summed E-state index contributed by atoms with van der Waals surface area (Å²) in [4.78, 5) is 0. The highest BCUT2D eigenvalue weighted by Crippen LogP contribution is 2.54. The molecule has 0 nitrogen and oxygen atoms in total. The smallest absolute Gasteiger partial charge is 0.0817 e. The largest absolute Gasteiger partial charge is 0.179 e. The lowest BCUT2D eigenvalue weighted by atomic mass is 10.3. The lowest BCUT2D eigenvalue weighted by Gasteiger charge is -2.41. The molecule has 0 unspecified atom stereocenters. The molecule has 6 heteroatoms. The molecule has 0 radical (unpaired) electrons. The maximum Gasteiger partial charge on any atom is 0.0817 e. The minimum absolute atomic E-state index is 0.430. The molecule has 0 aromatic carbocycles. The van der Waals surface area contributed by atoms with Crippen LogP contribution < -0.4 is 0 Å². The maximum atomic E-state index is 4.35. The SMILES string of the molecule is CCC1(C(SCCS)SCCS)SCCCS1. The summed E-state index contributed by atoms with van der Waals surface area (Å²) in [7, 11) is 0. The first-order valence-electron chi connectivity index (χ1n) is 6.02. The fourth-order valence-electron chi connectivity index (χ4n) is 1.72.